The lowest BCUT2D eigenvalue weighted by molar-refractivity contribution is 0.0287. The Kier molecular flexibility index (Phi) is 8.08. The Hall–Kier alpha value is -3.09. The van der Waals surface area contributed by atoms with E-state index in [0.29, 0.717) is 25.5 Å². The van der Waals surface area contributed by atoms with E-state index in [-0.39, 0.29) is 12.0 Å². The van der Waals surface area contributed by atoms with Crippen molar-refractivity contribution in [1.29, 1.82) is 0 Å². The van der Waals surface area contributed by atoms with Crippen molar-refractivity contribution in [2.45, 2.75) is 79.1 Å². The molecule has 190 valence electrons. The van der Waals surface area contributed by atoms with Gasteiger partial charge in [-0.25, -0.2) is 14.6 Å². The normalized spacial score (nSPS) is 16.2. The smallest absolute Gasteiger partial charge is 0.416 e. The van der Waals surface area contributed by atoms with Gasteiger partial charge >= 0.3 is 12.2 Å². The van der Waals surface area contributed by atoms with Crippen LogP contribution in [0, 0.1) is 12.8 Å². The summed E-state index contributed by atoms with van der Waals surface area (Å²) >= 11 is 0. The number of carbonyl (C=O) groups is 2. The van der Waals surface area contributed by atoms with Crippen LogP contribution in [0.1, 0.15) is 64.8 Å². The molecule has 1 atom stereocenters. The molecule has 1 saturated heterocycles. The zero-order valence-corrected chi connectivity index (χ0v) is 22.1. The number of nitrogens with zero attached hydrogens (tertiary/aromatic N) is 3. The highest BCUT2D eigenvalue weighted by molar-refractivity contribution is 5.86. The van der Waals surface area contributed by atoms with Crippen LogP contribution in [-0.4, -0.2) is 46.4 Å². The minimum Gasteiger partial charge on any atom is -0.444 e. The van der Waals surface area contributed by atoms with Gasteiger partial charge in [0, 0.05) is 18.8 Å². The number of aryl methyl sites for hydroxylation is 1. The molecule has 1 aliphatic rings. The summed E-state index contributed by atoms with van der Waals surface area (Å²) in [6.45, 7) is 14.9. The number of amides is 2. The molecule has 0 N–H and O–H groups in total. The Morgan fingerprint density at radius 2 is 1.69 bits per heavy atom. The van der Waals surface area contributed by atoms with Crippen LogP contribution in [0.3, 0.4) is 0 Å². The molecule has 7 heteroatoms. The van der Waals surface area contributed by atoms with Gasteiger partial charge in [0.25, 0.3) is 0 Å². The van der Waals surface area contributed by atoms with Gasteiger partial charge in [-0.05, 0) is 90.5 Å². The maximum atomic E-state index is 13.2. The number of anilines is 1. The highest BCUT2D eigenvalue weighted by Gasteiger charge is 2.31. The predicted molar refractivity (Wildman–Crippen MR) is 137 cm³/mol. The number of likely N-dealkylation sites (tertiary alicyclic amines) is 1. The van der Waals surface area contributed by atoms with Crippen LogP contribution >= 0.6 is 0 Å². The minimum atomic E-state index is -0.617. The molecule has 0 aliphatic carbocycles. The van der Waals surface area contributed by atoms with Gasteiger partial charge in [-0.3, -0.25) is 4.90 Å². The van der Waals surface area contributed by atoms with Crippen LogP contribution < -0.4 is 4.90 Å². The maximum Gasteiger partial charge on any atom is 0.416 e. The Labute approximate surface area is 209 Å². The summed E-state index contributed by atoms with van der Waals surface area (Å²) < 4.78 is 11.2. The predicted octanol–water partition coefficient (Wildman–Crippen LogP) is 6.13. The molecule has 2 amide bonds. The van der Waals surface area contributed by atoms with Gasteiger partial charge in [-0.15, -0.1) is 0 Å². The van der Waals surface area contributed by atoms with Crippen LogP contribution in [0.2, 0.25) is 0 Å². The second-order valence-electron chi connectivity index (χ2n) is 11.3. The van der Waals surface area contributed by atoms with Crippen LogP contribution in [0.4, 0.5) is 15.4 Å². The van der Waals surface area contributed by atoms with Gasteiger partial charge in [0.15, 0.2) is 0 Å². The third-order valence-electron chi connectivity index (χ3n) is 5.52. The van der Waals surface area contributed by atoms with Crippen molar-refractivity contribution in [3.8, 4) is 0 Å². The Bertz CT molecular complexity index is 1020. The molecule has 2 heterocycles. The second kappa shape index (κ2) is 10.7. The molecule has 35 heavy (non-hydrogen) atoms. The van der Waals surface area contributed by atoms with Gasteiger partial charge in [0.05, 0.1) is 6.54 Å². The quantitative estimate of drug-likeness (QED) is 0.514. The van der Waals surface area contributed by atoms with Crippen LogP contribution in [0.5, 0.6) is 0 Å². The zero-order valence-electron chi connectivity index (χ0n) is 22.1. The van der Waals surface area contributed by atoms with E-state index in [1.54, 1.807) is 9.80 Å². The second-order valence-corrected chi connectivity index (χ2v) is 11.3. The molecule has 3 rings (SSSR count). The lowest BCUT2D eigenvalue weighted by Crippen LogP contribution is -2.37. The van der Waals surface area contributed by atoms with Crippen molar-refractivity contribution in [2.24, 2.45) is 5.92 Å². The Balaban J connectivity index is 1.78. The summed E-state index contributed by atoms with van der Waals surface area (Å²) in [6.07, 6.45) is 0.921. The highest BCUT2D eigenvalue weighted by atomic mass is 16.6. The zero-order chi connectivity index (χ0) is 25.8. The lowest BCUT2D eigenvalue weighted by Gasteiger charge is -2.27. The van der Waals surface area contributed by atoms with Crippen LogP contribution in [0.15, 0.2) is 42.5 Å². The number of carbonyl (C=O) groups excluding carboxylic acids is 2. The monoisotopic (exact) mass is 481 g/mol. The van der Waals surface area contributed by atoms with Gasteiger partial charge < -0.3 is 14.4 Å². The van der Waals surface area contributed by atoms with E-state index in [1.807, 2.05) is 84.9 Å². The first-order valence-corrected chi connectivity index (χ1v) is 12.3. The summed E-state index contributed by atoms with van der Waals surface area (Å²) in [4.78, 5) is 33.9. The molecule has 1 aliphatic heterocycles. The molecular weight excluding hydrogens is 442 g/mol. The maximum absolute atomic E-state index is 13.2. The van der Waals surface area contributed by atoms with Crippen molar-refractivity contribution in [3.05, 3.63) is 59.3 Å². The van der Waals surface area contributed by atoms with Gasteiger partial charge in [-0.2, -0.15) is 0 Å². The van der Waals surface area contributed by atoms with Crippen molar-refractivity contribution >= 4 is 18.0 Å². The summed E-state index contributed by atoms with van der Waals surface area (Å²) in [5.74, 6) is 0.855. The van der Waals surface area contributed by atoms with Crippen LogP contribution in [0.25, 0.3) is 0 Å². The minimum absolute atomic E-state index is 0.267. The molecule has 7 nitrogen and oxygen atoms in total. The third kappa shape index (κ3) is 8.26. The molecule has 0 spiro atoms. The van der Waals surface area contributed by atoms with Crippen molar-refractivity contribution < 1.29 is 19.1 Å². The van der Waals surface area contributed by atoms with Crippen LogP contribution in [-0.2, 0) is 22.4 Å². The molecule has 0 unspecified atom stereocenters. The summed E-state index contributed by atoms with van der Waals surface area (Å²) in [5.41, 5.74) is 1.79. The molecule has 1 aromatic carbocycles. The van der Waals surface area contributed by atoms with E-state index >= 15 is 0 Å². The third-order valence-corrected chi connectivity index (χ3v) is 5.52. The average molecular weight is 482 g/mol. The number of rotatable bonds is 5. The molecular formula is C28H39N3O4. The Morgan fingerprint density at radius 3 is 2.31 bits per heavy atom. The van der Waals surface area contributed by atoms with Crippen molar-refractivity contribution in [2.75, 3.05) is 18.0 Å². The molecule has 2 aromatic rings. The van der Waals surface area contributed by atoms with E-state index in [1.165, 1.54) is 0 Å². The molecule has 0 saturated carbocycles. The van der Waals surface area contributed by atoms with E-state index in [4.69, 9.17) is 14.5 Å². The van der Waals surface area contributed by atoms with Gasteiger partial charge in [-0.1, -0.05) is 30.3 Å². The van der Waals surface area contributed by atoms with Crippen molar-refractivity contribution in [1.82, 2.24) is 9.88 Å². The standard InChI is InChI=1S/C28H39N3O4/c1-20-15-23(17-22-13-14-30(18-22)25(32)34-27(2,3)4)29-24(16-20)31(26(33)35-28(5,6)7)19-21-11-9-8-10-12-21/h8-12,15-16,22H,13-14,17-19H2,1-7H3/t22-/m1/s1. The topological polar surface area (TPSA) is 72.0 Å². The average Bonchev–Trinajstić information content (AvgIpc) is 3.18. The molecule has 1 aromatic heterocycles. The van der Waals surface area contributed by atoms with Crippen molar-refractivity contribution in [3.63, 3.8) is 0 Å². The summed E-state index contributed by atoms with van der Waals surface area (Å²) in [6, 6.07) is 13.8. The lowest BCUT2D eigenvalue weighted by atomic mass is 10.0. The largest absolute Gasteiger partial charge is 0.444 e. The SMILES string of the molecule is Cc1cc(C[C@H]2CCN(C(=O)OC(C)(C)C)C2)nc(N(Cc2ccccc2)C(=O)OC(C)(C)C)c1. The van der Waals surface area contributed by atoms with E-state index < -0.39 is 17.3 Å². The van der Waals surface area contributed by atoms with E-state index in [0.717, 1.165) is 29.7 Å². The summed E-state index contributed by atoms with van der Waals surface area (Å²) in [5, 5.41) is 0. The highest BCUT2D eigenvalue weighted by Crippen LogP contribution is 2.26. The van der Waals surface area contributed by atoms with E-state index in [9.17, 15) is 9.59 Å². The molecule has 0 bridgehead atoms. The number of ether oxygens (including phenoxy) is 2. The van der Waals surface area contributed by atoms with E-state index in [2.05, 4.69) is 6.07 Å². The first-order valence-electron chi connectivity index (χ1n) is 12.3. The number of hydrogen-bond donors (Lipinski definition) is 0. The molecule has 0 radical (unpaired) electrons. The van der Waals surface area contributed by atoms with Gasteiger partial charge in [0.1, 0.15) is 17.0 Å². The fraction of sp³-hybridized carbons (Fsp3) is 0.536. The number of pyridine rings is 1. The number of aromatic nitrogens is 1. The van der Waals surface area contributed by atoms with Gasteiger partial charge in [0.2, 0.25) is 0 Å². The first kappa shape index (κ1) is 26.5. The first-order chi connectivity index (χ1) is 16.3. The Morgan fingerprint density at radius 1 is 1.03 bits per heavy atom. The fourth-order valence-electron chi connectivity index (χ4n) is 4.07. The number of hydrogen-bond acceptors (Lipinski definition) is 5. The number of benzene rings is 1. The fourth-order valence-corrected chi connectivity index (χ4v) is 4.07. The summed E-state index contributed by atoms with van der Waals surface area (Å²) in [7, 11) is 0. The molecule has 1 fully saturated rings.